The van der Waals surface area contributed by atoms with Crippen molar-refractivity contribution in [1.29, 1.82) is 0 Å². The predicted molar refractivity (Wildman–Crippen MR) is 77.6 cm³/mol. The van der Waals surface area contributed by atoms with E-state index in [0.717, 1.165) is 31.7 Å². The van der Waals surface area contributed by atoms with Crippen LogP contribution in [-0.4, -0.2) is 19.2 Å². The number of para-hydroxylation sites is 1. The van der Waals surface area contributed by atoms with Gasteiger partial charge >= 0.3 is 0 Å². The van der Waals surface area contributed by atoms with E-state index >= 15 is 0 Å². The molecule has 0 aromatic heterocycles. The van der Waals surface area contributed by atoms with Crippen LogP contribution in [0.5, 0.6) is 5.75 Å². The van der Waals surface area contributed by atoms with Gasteiger partial charge in [-0.1, -0.05) is 48.5 Å². The smallest absolute Gasteiger partial charge is 0.123 e. The molecule has 1 aliphatic heterocycles. The fourth-order valence-electron chi connectivity index (χ4n) is 2.49. The second-order valence-electron chi connectivity index (χ2n) is 5.00. The Labute approximate surface area is 114 Å². The number of ether oxygens (including phenoxy) is 1. The summed E-state index contributed by atoms with van der Waals surface area (Å²) in [6.45, 7) is 2.02. The molecule has 0 spiro atoms. The minimum Gasteiger partial charge on any atom is -0.489 e. The minimum absolute atomic E-state index is 0.317. The molecule has 19 heavy (non-hydrogen) atoms. The molecule has 0 saturated carbocycles. The summed E-state index contributed by atoms with van der Waals surface area (Å²) in [4.78, 5) is 0. The maximum atomic E-state index is 6.12. The molecule has 2 aromatic rings. The zero-order valence-electron chi connectivity index (χ0n) is 11.0. The van der Waals surface area contributed by atoms with Gasteiger partial charge in [0.15, 0.2) is 0 Å². The molecule has 0 aliphatic carbocycles. The Kier molecular flexibility index (Phi) is 3.80. The van der Waals surface area contributed by atoms with Crippen LogP contribution in [0.15, 0.2) is 54.6 Å². The third-order valence-corrected chi connectivity index (χ3v) is 3.52. The van der Waals surface area contributed by atoms with Crippen LogP contribution >= 0.6 is 0 Å². The minimum atomic E-state index is 0.317. The van der Waals surface area contributed by atoms with E-state index in [1.54, 1.807) is 0 Å². The van der Waals surface area contributed by atoms with Gasteiger partial charge in [0.05, 0.1) is 0 Å². The molecule has 0 amide bonds. The van der Waals surface area contributed by atoms with Crippen LogP contribution in [0.1, 0.15) is 17.5 Å². The molecule has 2 nitrogen and oxygen atoms in total. The van der Waals surface area contributed by atoms with Crippen molar-refractivity contribution in [3.05, 3.63) is 65.7 Å². The van der Waals surface area contributed by atoms with Gasteiger partial charge in [-0.25, -0.2) is 0 Å². The Balaban J connectivity index is 1.77. The average Bonchev–Trinajstić information content (AvgIpc) is 2.95. The van der Waals surface area contributed by atoms with E-state index in [1.165, 1.54) is 11.1 Å². The summed E-state index contributed by atoms with van der Waals surface area (Å²) >= 11 is 0. The molecule has 1 atom stereocenters. The van der Waals surface area contributed by atoms with Gasteiger partial charge in [0.1, 0.15) is 11.9 Å². The number of hydrogen-bond acceptors (Lipinski definition) is 2. The molecule has 1 fully saturated rings. The van der Waals surface area contributed by atoms with Crippen molar-refractivity contribution in [2.45, 2.75) is 18.9 Å². The van der Waals surface area contributed by atoms with Crippen molar-refractivity contribution in [3.63, 3.8) is 0 Å². The van der Waals surface area contributed by atoms with E-state index in [2.05, 4.69) is 53.8 Å². The van der Waals surface area contributed by atoms with E-state index in [0.29, 0.717) is 6.10 Å². The highest BCUT2D eigenvalue weighted by Gasteiger charge is 2.17. The van der Waals surface area contributed by atoms with Crippen molar-refractivity contribution in [2.75, 3.05) is 13.1 Å². The van der Waals surface area contributed by atoms with Gasteiger partial charge in [-0.3, -0.25) is 0 Å². The zero-order chi connectivity index (χ0) is 12.9. The molecule has 1 aliphatic rings. The highest BCUT2D eigenvalue weighted by molar-refractivity contribution is 5.37. The zero-order valence-corrected chi connectivity index (χ0v) is 11.0. The highest BCUT2D eigenvalue weighted by atomic mass is 16.5. The van der Waals surface area contributed by atoms with E-state index in [9.17, 15) is 0 Å². The van der Waals surface area contributed by atoms with E-state index < -0.39 is 0 Å². The number of rotatable bonds is 4. The molecule has 0 bridgehead atoms. The molecular weight excluding hydrogens is 234 g/mol. The van der Waals surface area contributed by atoms with Crippen LogP contribution < -0.4 is 10.1 Å². The van der Waals surface area contributed by atoms with Gasteiger partial charge in [-0.15, -0.1) is 0 Å². The maximum absolute atomic E-state index is 6.12. The largest absolute Gasteiger partial charge is 0.489 e. The van der Waals surface area contributed by atoms with E-state index in [-0.39, 0.29) is 0 Å². The van der Waals surface area contributed by atoms with Crippen LogP contribution in [0.4, 0.5) is 0 Å². The molecule has 0 radical (unpaired) electrons. The molecule has 0 unspecified atom stereocenters. The summed E-state index contributed by atoms with van der Waals surface area (Å²) in [6.07, 6.45) is 2.34. The van der Waals surface area contributed by atoms with Gasteiger partial charge in [-0.2, -0.15) is 0 Å². The Morgan fingerprint density at radius 3 is 2.58 bits per heavy atom. The lowest BCUT2D eigenvalue weighted by atomic mass is 10.0. The van der Waals surface area contributed by atoms with Crippen LogP contribution in [-0.2, 0) is 6.42 Å². The Bertz CT molecular complexity index is 518. The summed E-state index contributed by atoms with van der Waals surface area (Å²) < 4.78 is 6.12. The Morgan fingerprint density at radius 2 is 1.79 bits per heavy atom. The molecule has 3 rings (SSSR count). The van der Waals surface area contributed by atoms with Crippen LogP contribution in [0.3, 0.4) is 0 Å². The Morgan fingerprint density at radius 1 is 1.00 bits per heavy atom. The van der Waals surface area contributed by atoms with Gasteiger partial charge in [-0.05, 0) is 30.2 Å². The predicted octanol–water partition coefficient (Wildman–Crippen LogP) is 3.02. The molecule has 1 saturated heterocycles. The first kappa shape index (κ1) is 12.2. The summed E-state index contributed by atoms with van der Waals surface area (Å²) in [7, 11) is 0. The second-order valence-corrected chi connectivity index (χ2v) is 5.00. The molecule has 1 N–H and O–H groups in total. The fourth-order valence-corrected chi connectivity index (χ4v) is 2.49. The number of benzene rings is 2. The molecule has 1 heterocycles. The standard InChI is InChI=1S/C17H19NO/c1-2-6-14(7-3-1)12-15-8-4-5-9-17(15)19-16-10-11-18-13-16/h1-9,16,18H,10-13H2/t16-/m0/s1. The fraction of sp³-hybridized carbons (Fsp3) is 0.294. The first-order valence-electron chi connectivity index (χ1n) is 6.91. The quantitative estimate of drug-likeness (QED) is 0.904. The molecule has 2 heteroatoms. The lowest BCUT2D eigenvalue weighted by Gasteiger charge is -2.16. The van der Waals surface area contributed by atoms with Crippen LogP contribution in [0.25, 0.3) is 0 Å². The third kappa shape index (κ3) is 3.15. The van der Waals surface area contributed by atoms with Crippen LogP contribution in [0, 0.1) is 0 Å². The average molecular weight is 253 g/mol. The van der Waals surface area contributed by atoms with Crippen molar-refractivity contribution in [1.82, 2.24) is 5.32 Å². The Hall–Kier alpha value is -1.80. The third-order valence-electron chi connectivity index (χ3n) is 3.52. The topological polar surface area (TPSA) is 21.3 Å². The maximum Gasteiger partial charge on any atom is 0.123 e. The summed E-state index contributed by atoms with van der Waals surface area (Å²) in [5, 5.41) is 3.34. The van der Waals surface area contributed by atoms with E-state index in [1.807, 2.05) is 6.07 Å². The van der Waals surface area contributed by atoms with Gasteiger partial charge in [0.25, 0.3) is 0 Å². The first-order chi connectivity index (χ1) is 9.42. The van der Waals surface area contributed by atoms with Gasteiger partial charge in [0, 0.05) is 13.0 Å². The summed E-state index contributed by atoms with van der Waals surface area (Å²) in [5.74, 6) is 1.03. The van der Waals surface area contributed by atoms with Crippen molar-refractivity contribution in [2.24, 2.45) is 0 Å². The second kappa shape index (κ2) is 5.89. The van der Waals surface area contributed by atoms with Crippen molar-refractivity contribution >= 4 is 0 Å². The lowest BCUT2D eigenvalue weighted by molar-refractivity contribution is 0.221. The normalized spacial score (nSPS) is 18.4. The van der Waals surface area contributed by atoms with Crippen molar-refractivity contribution in [3.8, 4) is 5.75 Å². The van der Waals surface area contributed by atoms with Crippen molar-refractivity contribution < 1.29 is 4.74 Å². The SMILES string of the molecule is c1ccc(Cc2ccccc2O[C@H]2CCNC2)cc1. The van der Waals surface area contributed by atoms with Crippen LogP contribution in [0.2, 0.25) is 0 Å². The first-order valence-corrected chi connectivity index (χ1v) is 6.91. The summed E-state index contributed by atoms with van der Waals surface area (Å²) in [5.41, 5.74) is 2.59. The highest BCUT2D eigenvalue weighted by Crippen LogP contribution is 2.23. The van der Waals surface area contributed by atoms with E-state index in [4.69, 9.17) is 4.74 Å². The van der Waals surface area contributed by atoms with Gasteiger partial charge < -0.3 is 10.1 Å². The number of nitrogens with one attached hydrogen (secondary N) is 1. The lowest BCUT2D eigenvalue weighted by Crippen LogP contribution is -2.20. The molecule has 98 valence electrons. The van der Waals surface area contributed by atoms with Gasteiger partial charge in [0.2, 0.25) is 0 Å². The molecular formula is C17H19NO. The molecule has 2 aromatic carbocycles. The number of hydrogen-bond donors (Lipinski definition) is 1. The summed E-state index contributed by atoms with van der Waals surface area (Å²) in [6, 6.07) is 18.9. The monoisotopic (exact) mass is 253 g/mol.